The monoisotopic (exact) mass is 475 g/mol. The molecule has 33 heavy (non-hydrogen) atoms. The molecule has 0 aliphatic carbocycles. The van der Waals surface area contributed by atoms with Crippen LogP contribution in [-0.2, 0) is 0 Å². The highest BCUT2D eigenvalue weighted by Gasteiger charge is 2.42. The summed E-state index contributed by atoms with van der Waals surface area (Å²) in [5.74, 6) is 0.366. The second-order valence-electron chi connectivity index (χ2n) is 7.56. The Kier molecular flexibility index (Phi) is 5.58. The van der Waals surface area contributed by atoms with Crippen LogP contribution in [-0.4, -0.2) is 21.2 Å². The minimum atomic E-state index is -0.968. The largest absolute Gasteiger partial charge is 0.478 e. The molecule has 0 radical (unpaired) electrons. The van der Waals surface area contributed by atoms with Gasteiger partial charge >= 0.3 is 5.97 Å². The summed E-state index contributed by atoms with van der Waals surface area (Å²) in [6, 6.07) is 23.1. The lowest BCUT2D eigenvalue weighted by molar-refractivity contribution is 0.0697. The number of hydrogen-bond acceptors (Lipinski definition) is 4. The number of carbonyl (C=O) groups is 1. The highest BCUT2D eigenvalue weighted by Crippen LogP contribution is 2.43. The molecule has 0 amide bonds. The number of halogens is 1. The van der Waals surface area contributed by atoms with E-state index in [0.717, 1.165) is 16.9 Å². The van der Waals surface area contributed by atoms with Crippen LogP contribution in [0.25, 0.3) is 11.3 Å². The Labute approximate surface area is 200 Å². The Morgan fingerprint density at radius 1 is 1.03 bits per heavy atom. The number of thiocarbonyl (C=S) groups is 1. The molecule has 0 spiro atoms. The molecule has 0 unspecified atom stereocenters. The van der Waals surface area contributed by atoms with E-state index in [-0.39, 0.29) is 17.6 Å². The average Bonchev–Trinajstić information content (AvgIpc) is 3.45. The van der Waals surface area contributed by atoms with Crippen molar-refractivity contribution < 1.29 is 14.3 Å². The Morgan fingerprint density at radius 2 is 1.79 bits per heavy atom. The Balaban J connectivity index is 1.56. The second kappa shape index (κ2) is 8.69. The Bertz CT molecular complexity index is 1310. The van der Waals surface area contributed by atoms with E-state index in [1.807, 2.05) is 59.5 Å². The zero-order valence-electron chi connectivity index (χ0n) is 17.2. The first-order valence-electron chi connectivity index (χ1n) is 10.2. The molecule has 3 heterocycles. The normalized spacial score (nSPS) is 17.7. The fourth-order valence-corrected chi connectivity index (χ4v) is 4.44. The van der Waals surface area contributed by atoms with E-state index in [1.54, 1.807) is 30.5 Å². The van der Waals surface area contributed by atoms with Gasteiger partial charge in [0.25, 0.3) is 0 Å². The fourth-order valence-electron chi connectivity index (χ4n) is 3.97. The van der Waals surface area contributed by atoms with E-state index in [0.29, 0.717) is 21.7 Å². The standard InChI is InChI=1S/C25H18ClN3O3S/c26-17-8-10-18(11-9-17)29-23(22(28-25(29)33)19-3-1-2-14-27-19)21-13-12-20(32-21)15-4-6-16(7-5-15)24(30)31/h1-14,22-23H,(H,28,33)(H,30,31)/t22-,23-/m1/s1. The maximum absolute atomic E-state index is 11.2. The number of anilines is 1. The smallest absolute Gasteiger partial charge is 0.335 e. The predicted octanol–water partition coefficient (Wildman–Crippen LogP) is 5.87. The van der Waals surface area contributed by atoms with Gasteiger partial charge in [0.1, 0.15) is 17.6 Å². The molecule has 2 atom stereocenters. The van der Waals surface area contributed by atoms with Gasteiger partial charge in [0.05, 0.1) is 17.3 Å². The number of furan rings is 1. The third kappa shape index (κ3) is 4.08. The molecule has 2 aromatic heterocycles. The van der Waals surface area contributed by atoms with Crippen molar-refractivity contribution in [1.29, 1.82) is 0 Å². The van der Waals surface area contributed by atoms with Crippen molar-refractivity contribution in [3.05, 3.63) is 107 Å². The number of aromatic carboxylic acids is 1. The second-order valence-corrected chi connectivity index (χ2v) is 8.38. The number of aromatic nitrogens is 1. The van der Waals surface area contributed by atoms with E-state index in [2.05, 4.69) is 10.3 Å². The van der Waals surface area contributed by atoms with Gasteiger partial charge in [-0.1, -0.05) is 29.8 Å². The predicted molar refractivity (Wildman–Crippen MR) is 130 cm³/mol. The topological polar surface area (TPSA) is 78.6 Å². The first-order chi connectivity index (χ1) is 16.0. The van der Waals surface area contributed by atoms with Crippen LogP contribution in [0.4, 0.5) is 5.69 Å². The summed E-state index contributed by atoms with van der Waals surface area (Å²) in [7, 11) is 0. The summed E-state index contributed by atoms with van der Waals surface area (Å²) in [6.45, 7) is 0. The molecular formula is C25H18ClN3O3S. The number of hydrogen-bond donors (Lipinski definition) is 2. The van der Waals surface area contributed by atoms with E-state index in [1.165, 1.54) is 0 Å². The number of carboxylic acid groups (broad SMARTS) is 1. The molecule has 1 fully saturated rings. The third-order valence-corrected chi connectivity index (χ3v) is 6.10. The molecule has 0 saturated carbocycles. The zero-order valence-corrected chi connectivity index (χ0v) is 18.8. The molecule has 8 heteroatoms. The van der Waals surface area contributed by atoms with Crippen molar-refractivity contribution in [2.75, 3.05) is 4.90 Å². The summed E-state index contributed by atoms with van der Waals surface area (Å²) in [4.78, 5) is 17.7. The van der Waals surface area contributed by atoms with Crippen LogP contribution in [0.1, 0.15) is 33.9 Å². The van der Waals surface area contributed by atoms with Crippen LogP contribution in [0.3, 0.4) is 0 Å². The highest BCUT2D eigenvalue weighted by atomic mass is 35.5. The van der Waals surface area contributed by atoms with Gasteiger partial charge in [-0.2, -0.15) is 0 Å². The van der Waals surface area contributed by atoms with Crippen molar-refractivity contribution in [2.45, 2.75) is 12.1 Å². The first kappa shape index (κ1) is 21.2. The van der Waals surface area contributed by atoms with Crippen molar-refractivity contribution in [3.63, 3.8) is 0 Å². The quantitative estimate of drug-likeness (QED) is 0.349. The van der Waals surface area contributed by atoms with Gasteiger partial charge < -0.3 is 19.7 Å². The first-order valence-corrected chi connectivity index (χ1v) is 11.0. The summed E-state index contributed by atoms with van der Waals surface area (Å²) < 4.78 is 6.29. The van der Waals surface area contributed by atoms with Crippen LogP contribution in [0.15, 0.2) is 89.5 Å². The van der Waals surface area contributed by atoms with Crippen LogP contribution < -0.4 is 10.2 Å². The van der Waals surface area contributed by atoms with Gasteiger partial charge in [-0.25, -0.2) is 4.79 Å². The number of pyridine rings is 1. The number of nitrogens with zero attached hydrogens (tertiary/aromatic N) is 2. The lowest BCUT2D eigenvalue weighted by atomic mass is 10.0. The molecule has 6 nitrogen and oxygen atoms in total. The van der Waals surface area contributed by atoms with Crippen molar-refractivity contribution in [3.8, 4) is 11.3 Å². The van der Waals surface area contributed by atoms with Gasteiger partial charge in [0, 0.05) is 22.5 Å². The van der Waals surface area contributed by atoms with E-state index < -0.39 is 5.97 Å². The zero-order chi connectivity index (χ0) is 22.9. The average molecular weight is 476 g/mol. The molecule has 1 aliphatic heterocycles. The summed E-state index contributed by atoms with van der Waals surface area (Å²) in [5, 5.41) is 13.7. The molecule has 1 saturated heterocycles. The highest BCUT2D eigenvalue weighted by molar-refractivity contribution is 7.80. The molecule has 2 aromatic carbocycles. The van der Waals surface area contributed by atoms with E-state index in [9.17, 15) is 4.79 Å². The third-order valence-electron chi connectivity index (χ3n) is 5.54. The Morgan fingerprint density at radius 3 is 2.45 bits per heavy atom. The molecule has 4 aromatic rings. The molecule has 2 N–H and O–H groups in total. The van der Waals surface area contributed by atoms with Crippen LogP contribution in [0.5, 0.6) is 0 Å². The maximum atomic E-state index is 11.2. The summed E-state index contributed by atoms with van der Waals surface area (Å²) >= 11 is 11.8. The summed E-state index contributed by atoms with van der Waals surface area (Å²) in [5.41, 5.74) is 2.72. The fraction of sp³-hybridized carbons (Fsp3) is 0.0800. The number of nitrogens with one attached hydrogen (secondary N) is 1. The lowest BCUT2D eigenvalue weighted by Gasteiger charge is -2.26. The van der Waals surface area contributed by atoms with Crippen molar-refractivity contribution in [2.24, 2.45) is 0 Å². The maximum Gasteiger partial charge on any atom is 0.335 e. The van der Waals surface area contributed by atoms with Crippen LogP contribution in [0, 0.1) is 0 Å². The number of benzene rings is 2. The molecule has 164 valence electrons. The van der Waals surface area contributed by atoms with Crippen LogP contribution in [0.2, 0.25) is 5.02 Å². The van der Waals surface area contributed by atoms with Crippen LogP contribution >= 0.6 is 23.8 Å². The SMILES string of the molecule is O=C(O)c1ccc(-c2ccc([C@@H]3[C@@H](c4ccccn4)NC(=S)N3c3ccc(Cl)cc3)o2)cc1. The Hall–Kier alpha value is -3.68. The van der Waals surface area contributed by atoms with Gasteiger partial charge in [-0.05, 0) is 72.9 Å². The van der Waals surface area contributed by atoms with E-state index >= 15 is 0 Å². The van der Waals surface area contributed by atoms with Gasteiger partial charge in [0.15, 0.2) is 5.11 Å². The van der Waals surface area contributed by atoms with Gasteiger partial charge in [0.2, 0.25) is 0 Å². The molecule has 0 bridgehead atoms. The van der Waals surface area contributed by atoms with Crippen molar-refractivity contribution >= 4 is 40.6 Å². The van der Waals surface area contributed by atoms with Gasteiger partial charge in [-0.15, -0.1) is 0 Å². The van der Waals surface area contributed by atoms with Gasteiger partial charge in [-0.3, -0.25) is 4.98 Å². The minimum Gasteiger partial charge on any atom is -0.478 e. The molecular weight excluding hydrogens is 458 g/mol. The van der Waals surface area contributed by atoms with E-state index in [4.69, 9.17) is 33.3 Å². The molecule has 1 aliphatic rings. The molecule has 5 rings (SSSR count). The number of carboxylic acids is 1. The number of rotatable bonds is 5. The summed E-state index contributed by atoms with van der Waals surface area (Å²) in [6.07, 6.45) is 1.75. The van der Waals surface area contributed by atoms with Crippen molar-refractivity contribution in [1.82, 2.24) is 10.3 Å². The minimum absolute atomic E-state index is 0.222. The lowest BCUT2D eigenvalue weighted by Crippen LogP contribution is -2.29.